The molecule has 0 N–H and O–H groups in total. The molecule has 1 saturated heterocycles. The number of ether oxygens (including phenoxy) is 4. The van der Waals surface area contributed by atoms with Gasteiger partial charge in [0.2, 0.25) is 11.8 Å². The van der Waals surface area contributed by atoms with E-state index in [2.05, 4.69) is 10.1 Å². The Morgan fingerprint density at radius 3 is 2.61 bits per heavy atom. The monoisotopic (exact) mass is 596 g/mol. The molecule has 0 atom stereocenters. The number of methoxy groups -OCH3 is 1. The van der Waals surface area contributed by atoms with Crippen molar-refractivity contribution >= 4 is 12.0 Å². The predicted octanol–water partition coefficient (Wildman–Crippen LogP) is 5.47. The van der Waals surface area contributed by atoms with Gasteiger partial charge >= 0.3 is 0 Å². The van der Waals surface area contributed by atoms with E-state index in [0.29, 0.717) is 72.4 Å². The molecular weight excluding hydrogens is 564 g/mol. The molecule has 0 saturated carbocycles. The van der Waals surface area contributed by atoms with Crippen molar-refractivity contribution in [3.63, 3.8) is 0 Å². The molecule has 1 aliphatic heterocycles. The van der Waals surface area contributed by atoms with Crippen LogP contribution in [0.15, 0.2) is 88.0 Å². The summed E-state index contributed by atoms with van der Waals surface area (Å²) in [6.45, 7) is 4.47. The van der Waals surface area contributed by atoms with Gasteiger partial charge in [-0.25, -0.2) is 9.67 Å². The number of para-hydroxylation sites is 1. The smallest absolute Gasteiger partial charge is 0.263 e. The van der Waals surface area contributed by atoms with Crippen molar-refractivity contribution in [3.8, 4) is 34.7 Å². The zero-order valence-electron chi connectivity index (χ0n) is 24.5. The molecule has 3 aromatic heterocycles. The Labute approximate surface area is 254 Å². The van der Waals surface area contributed by atoms with E-state index in [4.69, 9.17) is 27.8 Å². The molecule has 5 aromatic rings. The topological polar surface area (TPSA) is 114 Å². The third-order valence-corrected chi connectivity index (χ3v) is 7.05. The first-order chi connectivity index (χ1) is 21.6. The summed E-state index contributed by atoms with van der Waals surface area (Å²) in [7, 11) is 1.58. The van der Waals surface area contributed by atoms with Crippen LogP contribution in [0.25, 0.3) is 23.4 Å². The molecule has 11 heteroatoms. The molecule has 0 bridgehead atoms. The number of morpholine rings is 1. The van der Waals surface area contributed by atoms with Gasteiger partial charge in [0.25, 0.3) is 5.89 Å². The molecule has 6 rings (SSSR count). The lowest BCUT2D eigenvalue weighted by atomic mass is 10.2. The number of rotatable bonds is 11. The Morgan fingerprint density at radius 1 is 1.00 bits per heavy atom. The number of carbonyl (C=O) groups is 1. The summed E-state index contributed by atoms with van der Waals surface area (Å²) in [5.74, 6) is 3.02. The first-order valence-corrected chi connectivity index (χ1v) is 14.2. The minimum atomic E-state index is -0.0787. The number of hydrogen-bond acceptors (Lipinski definition) is 9. The number of aryl methyl sites for hydroxylation is 1. The summed E-state index contributed by atoms with van der Waals surface area (Å²) in [5.41, 5.74) is 3.06. The van der Waals surface area contributed by atoms with Crippen molar-refractivity contribution in [3.05, 3.63) is 102 Å². The molecule has 44 heavy (non-hydrogen) atoms. The van der Waals surface area contributed by atoms with Crippen LogP contribution in [0, 0.1) is 6.92 Å². The Hall–Kier alpha value is -5.29. The molecule has 226 valence electrons. The van der Waals surface area contributed by atoms with Gasteiger partial charge in [0.15, 0.2) is 17.3 Å². The Bertz CT molecular complexity index is 1720. The van der Waals surface area contributed by atoms with E-state index < -0.39 is 0 Å². The van der Waals surface area contributed by atoms with E-state index in [1.165, 1.54) is 0 Å². The highest BCUT2D eigenvalue weighted by atomic mass is 16.5. The molecule has 0 unspecified atom stereocenters. The van der Waals surface area contributed by atoms with Gasteiger partial charge in [-0.1, -0.05) is 24.3 Å². The summed E-state index contributed by atoms with van der Waals surface area (Å²) in [6.07, 6.45) is 6.70. The van der Waals surface area contributed by atoms with Crippen LogP contribution in [-0.4, -0.2) is 59.0 Å². The molecule has 4 heterocycles. The maximum Gasteiger partial charge on any atom is 0.263 e. The quantitative estimate of drug-likeness (QED) is 0.183. The van der Waals surface area contributed by atoms with Gasteiger partial charge in [0.1, 0.15) is 24.7 Å². The van der Waals surface area contributed by atoms with Gasteiger partial charge in [-0.3, -0.25) is 4.79 Å². The third kappa shape index (κ3) is 6.68. The van der Waals surface area contributed by atoms with Crippen LogP contribution in [0.2, 0.25) is 0 Å². The van der Waals surface area contributed by atoms with Crippen LogP contribution < -0.4 is 14.2 Å². The molecule has 1 aliphatic rings. The maximum absolute atomic E-state index is 12.7. The van der Waals surface area contributed by atoms with Crippen molar-refractivity contribution in [2.45, 2.75) is 20.1 Å². The second-order valence-electron chi connectivity index (χ2n) is 10.0. The van der Waals surface area contributed by atoms with Gasteiger partial charge in [0.05, 0.1) is 37.8 Å². The molecule has 0 spiro atoms. The average Bonchev–Trinajstić information content (AvgIpc) is 3.83. The minimum absolute atomic E-state index is 0.0787. The maximum atomic E-state index is 12.7. The van der Waals surface area contributed by atoms with E-state index in [1.54, 1.807) is 47.2 Å². The number of amides is 1. The van der Waals surface area contributed by atoms with E-state index >= 15 is 0 Å². The second kappa shape index (κ2) is 13.3. The Kier molecular flexibility index (Phi) is 8.74. The van der Waals surface area contributed by atoms with Crippen molar-refractivity contribution in [1.29, 1.82) is 0 Å². The fraction of sp³-hybridized carbons (Fsp3) is 0.242. The largest absolute Gasteiger partial charge is 0.493 e. The fourth-order valence-corrected chi connectivity index (χ4v) is 4.65. The minimum Gasteiger partial charge on any atom is -0.493 e. The summed E-state index contributed by atoms with van der Waals surface area (Å²) in [4.78, 5) is 19.0. The van der Waals surface area contributed by atoms with Crippen LogP contribution in [0.3, 0.4) is 0 Å². The van der Waals surface area contributed by atoms with E-state index in [0.717, 1.165) is 11.3 Å². The lowest BCUT2D eigenvalue weighted by Crippen LogP contribution is -2.39. The summed E-state index contributed by atoms with van der Waals surface area (Å²) < 4.78 is 36.0. The van der Waals surface area contributed by atoms with Gasteiger partial charge in [0, 0.05) is 25.4 Å². The first-order valence-electron chi connectivity index (χ1n) is 14.2. The lowest BCUT2D eigenvalue weighted by molar-refractivity contribution is -0.129. The van der Waals surface area contributed by atoms with Gasteiger partial charge in [-0.2, -0.15) is 0 Å². The van der Waals surface area contributed by atoms with Crippen LogP contribution in [-0.2, 0) is 22.7 Å². The number of furan rings is 1. The second-order valence-corrected chi connectivity index (χ2v) is 10.0. The van der Waals surface area contributed by atoms with Gasteiger partial charge < -0.3 is 32.7 Å². The molecule has 0 aliphatic carbocycles. The van der Waals surface area contributed by atoms with E-state index in [1.807, 2.05) is 61.7 Å². The van der Waals surface area contributed by atoms with Crippen LogP contribution >= 0.6 is 0 Å². The molecule has 1 fully saturated rings. The standard InChI is InChI=1S/C33H32N4O7/c1-23-27(34-33(44-23)29-9-6-16-41-29)22-42-28-12-10-24(19-30(28)39-2)21-43-32-25(11-13-31(38)36-14-17-40-18-15-36)20-37(35-32)26-7-4-3-5-8-26/h3-13,16,19-20H,14-15,17-18,21-22H2,1-2H3. The van der Waals surface area contributed by atoms with E-state index in [9.17, 15) is 4.79 Å². The number of nitrogens with zero attached hydrogens (tertiary/aromatic N) is 4. The molecule has 0 radical (unpaired) electrons. The van der Waals surface area contributed by atoms with Crippen LogP contribution in [0.1, 0.15) is 22.6 Å². The van der Waals surface area contributed by atoms with Crippen LogP contribution in [0.5, 0.6) is 17.4 Å². The van der Waals surface area contributed by atoms with Crippen molar-refractivity contribution in [2.75, 3.05) is 33.4 Å². The zero-order chi connectivity index (χ0) is 30.3. The molecule has 1 amide bonds. The van der Waals surface area contributed by atoms with Gasteiger partial charge in [-0.15, -0.1) is 5.10 Å². The third-order valence-electron chi connectivity index (χ3n) is 7.05. The average molecular weight is 597 g/mol. The summed E-state index contributed by atoms with van der Waals surface area (Å²) in [5, 5.41) is 4.66. The lowest BCUT2D eigenvalue weighted by Gasteiger charge is -2.25. The normalized spacial score (nSPS) is 13.4. The summed E-state index contributed by atoms with van der Waals surface area (Å²) in [6, 6.07) is 18.9. The summed E-state index contributed by atoms with van der Waals surface area (Å²) >= 11 is 0. The number of oxazole rings is 1. The Morgan fingerprint density at radius 2 is 1.84 bits per heavy atom. The molecule has 11 nitrogen and oxygen atoms in total. The van der Waals surface area contributed by atoms with Gasteiger partial charge in [-0.05, 0) is 55.0 Å². The highest BCUT2D eigenvalue weighted by Crippen LogP contribution is 2.31. The zero-order valence-corrected chi connectivity index (χ0v) is 24.5. The number of hydrogen-bond donors (Lipinski definition) is 0. The molecular formula is C33H32N4O7. The number of carbonyl (C=O) groups excluding carboxylic acids is 1. The van der Waals surface area contributed by atoms with Crippen molar-refractivity contribution in [2.24, 2.45) is 0 Å². The highest BCUT2D eigenvalue weighted by molar-refractivity contribution is 5.92. The van der Waals surface area contributed by atoms with Crippen molar-refractivity contribution in [1.82, 2.24) is 19.7 Å². The SMILES string of the molecule is COc1cc(COc2nn(-c3ccccc3)cc2C=CC(=O)N2CCOCC2)ccc1OCc1nc(-c2ccco2)oc1C. The number of aromatic nitrogens is 3. The van der Waals surface area contributed by atoms with E-state index in [-0.39, 0.29) is 19.1 Å². The van der Waals surface area contributed by atoms with Crippen molar-refractivity contribution < 1.29 is 32.6 Å². The Balaban J connectivity index is 1.15. The fourth-order valence-electron chi connectivity index (χ4n) is 4.65. The van der Waals surface area contributed by atoms with Crippen LogP contribution in [0.4, 0.5) is 0 Å². The predicted molar refractivity (Wildman–Crippen MR) is 161 cm³/mol. The number of benzene rings is 2. The first kappa shape index (κ1) is 28.8. The molecule has 2 aromatic carbocycles. The highest BCUT2D eigenvalue weighted by Gasteiger charge is 2.17.